The van der Waals surface area contributed by atoms with Crippen molar-refractivity contribution < 1.29 is 4.79 Å². The number of benzene rings is 1. The lowest BCUT2D eigenvalue weighted by molar-refractivity contribution is 0.0899. The Morgan fingerprint density at radius 1 is 1.17 bits per heavy atom. The summed E-state index contributed by atoms with van der Waals surface area (Å²) in [4.78, 5) is 15.1. The van der Waals surface area contributed by atoms with Gasteiger partial charge in [0.25, 0.3) is 0 Å². The van der Waals surface area contributed by atoms with E-state index < -0.39 is 0 Å². The summed E-state index contributed by atoms with van der Waals surface area (Å²) in [5, 5.41) is 0. The van der Waals surface area contributed by atoms with Crippen LogP contribution in [0.15, 0.2) is 34.8 Å². The van der Waals surface area contributed by atoms with Crippen molar-refractivity contribution >= 4 is 21.7 Å². The Hall–Kier alpha value is -1.39. The number of aromatic nitrogens is 1. The number of aryl methyl sites for hydroxylation is 1. The van der Waals surface area contributed by atoms with Crippen LogP contribution in [0.5, 0.6) is 0 Å². The third kappa shape index (κ3) is 3.65. The monoisotopic (exact) mass is 388 g/mol. The molecule has 0 bridgehead atoms. The van der Waals surface area contributed by atoms with Crippen molar-refractivity contribution in [3.63, 3.8) is 0 Å². The summed E-state index contributed by atoms with van der Waals surface area (Å²) in [6, 6.07) is 10.2. The van der Waals surface area contributed by atoms with E-state index in [0.29, 0.717) is 6.54 Å². The van der Waals surface area contributed by atoms with Crippen LogP contribution in [0.3, 0.4) is 0 Å². The zero-order valence-electron chi connectivity index (χ0n) is 14.7. The minimum Gasteiger partial charge on any atom is -0.318 e. The maximum Gasteiger partial charge on any atom is 0.178 e. The van der Waals surface area contributed by atoms with Crippen molar-refractivity contribution in [1.29, 1.82) is 0 Å². The number of carbonyl (C=O) groups excluding carboxylic acids is 1. The second kappa shape index (κ2) is 7.24. The summed E-state index contributed by atoms with van der Waals surface area (Å²) >= 11 is 3.47. The smallest absolute Gasteiger partial charge is 0.178 e. The van der Waals surface area contributed by atoms with Crippen LogP contribution in [0.1, 0.15) is 41.5 Å². The summed E-state index contributed by atoms with van der Waals surface area (Å²) in [6.07, 6.45) is 2.40. The van der Waals surface area contributed by atoms with Crippen LogP contribution in [-0.4, -0.2) is 34.9 Å². The Kier molecular flexibility index (Phi) is 5.26. The number of likely N-dealkylation sites (tertiary alicyclic amines) is 1. The molecule has 4 heteroatoms. The maximum atomic E-state index is 12.8. The van der Waals surface area contributed by atoms with Gasteiger partial charge in [-0.1, -0.05) is 22.9 Å². The molecule has 1 aliphatic rings. The summed E-state index contributed by atoms with van der Waals surface area (Å²) in [5.74, 6) is 1.03. The van der Waals surface area contributed by atoms with Crippen LogP contribution >= 0.6 is 15.9 Å². The van der Waals surface area contributed by atoms with Crippen molar-refractivity contribution in [3.05, 3.63) is 51.8 Å². The summed E-state index contributed by atoms with van der Waals surface area (Å²) < 4.78 is 3.22. The molecule has 0 saturated carbocycles. The normalized spacial score (nSPS) is 16.5. The molecule has 1 aromatic carbocycles. The zero-order chi connectivity index (χ0) is 17.3. The highest BCUT2D eigenvalue weighted by Crippen LogP contribution is 2.23. The molecule has 0 N–H and O–H groups in total. The minimum absolute atomic E-state index is 0.237. The quantitative estimate of drug-likeness (QED) is 0.704. The molecule has 0 aliphatic carbocycles. The first kappa shape index (κ1) is 17.4. The molecule has 0 atom stereocenters. The minimum atomic E-state index is 0.237. The van der Waals surface area contributed by atoms with Gasteiger partial charge in [0.1, 0.15) is 0 Å². The Balaban J connectivity index is 1.80. The number of piperidine rings is 1. The summed E-state index contributed by atoms with van der Waals surface area (Å²) in [6.45, 7) is 9.02. The number of Topliss-reactive ketones (excluding diaryl/α,β-unsaturated/α-hetero) is 1. The molecule has 24 heavy (non-hydrogen) atoms. The Morgan fingerprint density at radius 3 is 2.42 bits per heavy atom. The highest BCUT2D eigenvalue weighted by Gasteiger charge is 2.21. The van der Waals surface area contributed by atoms with E-state index in [9.17, 15) is 4.79 Å². The first-order chi connectivity index (χ1) is 11.5. The number of ketones is 1. The molecule has 1 saturated heterocycles. The van der Waals surface area contributed by atoms with Crippen LogP contribution in [0.2, 0.25) is 0 Å². The van der Waals surface area contributed by atoms with Crippen LogP contribution < -0.4 is 0 Å². The fraction of sp³-hybridized carbons (Fsp3) is 0.450. The number of nitrogens with zero attached hydrogens (tertiary/aromatic N) is 2. The predicted octanol–water partition coefficient (Wildman–Crippen LogP) is 4.77. The lowest BCUT2D eigenvalue weighted by Gasteiger charge is -2.29. The molecule has 1 fully saturated rings. The number of carbonyl (C=O) groups is 1. The first-order valence-corrected chi connectivity index (χ1v) is 9.45. The zero-order valence-corrected chi connectivity index (χ0v) is 16.3. The number of halogens is 1. The average molecular weight is 389 g/mol. The number of rotatable bonds is 4. The van der Waals surface area contributed by atoms with Gasteiger partial charge < -0.3 is 4.57 Å². The summed E-state index contributed by atoms with van der Waals surface area (Å²) in [5.41, 5.74) is 4.09. The van der Waals surface area contributed by atoms with Gasteiger partial charge in [0.15, 0.2) is 5.78 Å². The maximum absolute atomic E-state index is 12.8. The molecule has 2 heterocycles. The van der Waals surface area contributed by atoms with Crippen molar-refractivity contribution in [2.45, 2.75) is 33.6 Å². The highest BCUT2D eigenvalue weighted by atomic mass is 79.9. The van der Waals surface area contributed by atoms with Gasteiger partial charge in [-0.15, -0.1) is 0 Å². The van der Waals surface area contributed by atoms with E-state index in [1.807, 2.05) is 25.1 Å². The van der Waals surface area contributed by atoms with Gasteiger partial charge >= 0.3 is 0 Å². The summed E-state index contributed by atoms with van der Waals surface area (Å²) in [7, 11) is 0. The molecule has 3 rings (SSSR count). The molecule has 1 aromatic heterocycles. The van der Waals surface area contributed by atoms with E-state index >= 15 is 0 Å². The van der Waals surface area contributed by atoms with E-state index in [1.165, 1.54) is 12.8 Å². The third-order valence-electron chi connectivity index (χ3n) is 5.06. The van der Waals surface area contributed by atoms with Crippen LogP contribution in [0, 0.1) is 19.8 Å². The Labute approximate surface area is 152 Å². The van der Waals surface area contributed by atoms with E-state index in [-0.39, 0.29) is 5.78 Å². The standard InChI is InChI=1S/C20H25BrN2O/c1-14-8-10-22(11-9-14)13-20(24)19-12-15(2)23(16(19)3)18-6-4-17(21)5-7-18/h4-7,12,14H,8-11,13H2,1-3H3. The Morgan fingerprint density at radius 2 is 1.79 bits per heavy atom. The van der Waals surface area contributed by atoms with E-state index in [4.69, 9.17) is 0 Å². The molecule has 0 unspecified atom stereocenters. The van der Waals surface area contributed by atoms with Crippen LogP contribution in [0.4, 0.5) is 0 Å². The lowest BCUT2D eigenvalue weighted by atomic mass is 9.99. The largest absolute Gasteiger partial charge is 0.318 e. The van der Waals surface area contributed by atoms with Gasteiger partial charge in [-0.3, -0.25) is 9.69 Å². The van der Waals surface area contributed by atoms with Gasteiger partial charge in [-0.25, -0.2) is 0 Å². The lowest BCUT2D eigenvalue weighted by Crippen LogP contribution is -2.36. The number of hydrogen-bond donors (Lipinski definition) is 0. The molecule has 1 aliphatic heterocycles. The van der Waals surface area contributed by atoms with Crippen LogP contribution in [0.25, 0.3) is 5.69 Å². The molecular weight excluding hydrogens is 364 g/mol. The molecule has 0 radical (unpaired) electrons. The average Bonchev–Trinajstić information content (AvgIpc) is 2.85. The molecule has 0 spiro atoms. The molecule has 0 amide bonds. The highest BCUT2D eigenvalue weighted by molar-refractivity contribution is 9.10. The SMILES string of the molecule is Cc1cc(C(=O)CN2CCC(C)CC2)c(C)n1-c1ccc(Br)cc1. The third-order valence-corrected chi connectivity index (χ3v) is 5.59. The van der Waals surface area contributed by atoms with Crippen LogP contribution in [-0.2, 0) is 0 Å². The Bertz CT molecular complexity index is 725. The second-order valence-electron chi connectivity index (χ2n) is 6.98. The topological polar surface area (TPSA) is 25.2 Å². The molecule has 128 valence electrons. The molecule has 3 nitrogen and oxygen atoms in total. The fourth-order valence-electron chi connectivity index (χ4n) is 3.54. The van der Waals surface area contributed by atoms with Crippen molar-refractivity contribution in [1.82, 2.24) is 9.47 Å². The van der Waals surface area contributed by atoms with E-state index in [2.05, 4.69) is 51.4 Å². The van der Waals surface area contributed by atoms with Gasteiger partial charge in [0.2, 0.25) is 0 Å². The van der Waals surface area contributed by atoms with Gasteiger partial charge in [0.05, 0.1) is 6.54 Å². The van der Waals surface area contributed by atoms with E-state index in [0.717, 1.165) is 46.1 Å². The second-order valence-corrected chi connectivity index (χ2v) is 7.89. The molecule has 2 aromatic rings. The van der Waals surface area contributed by atoms with Crippen molar-refractivity contribution in [3.8, 4) is 5.69 Å². The van der Waals surface area contributed by atoms with Crippen molar-refractivity contribution in [2.24, 2.45) is 5.92 Å². The van der Waals surface area contributed by atoms with Gasteiger partial charge in [-0.05, 0) is 76.0 Å². The van der Waals surface area contributed by atoms with Gasteiger partial charge in [0, 0.05) is 27.1 Å². The first-order valence-electron chi connectivity index (χ1n) is 8.66. The van der Waals surface area contributed by atoms with Crippen molar-refractivity contribution in [2.75, 3.05) is 19.6 Å². The molecular formula is C20H25BrN2O. The van der Waals surface area contributed by atoms with E-state index in [1.54, 1.807) is 0 Å². The fourth-order valence-corrected chi connectivity index (χ4v) is 3.81. The van der Waals surface area contributed by atoms with Gasteiger partial charge in [-0.2, -0.15) is 0 Å². The number of hydrogen-bond acceptors (Lipinski definition) is 2. The predicted molar refractivity (Wildman–Crippen MR) is 102 cm³/mol.